The van der Waals surface area contributed by atoms with Crippen molar-refractivity contribution in [2.24, 2.45) is 0 Å². The Hall–Kier alpha value is -2.64. The summed E-state index contributed by atoms with van der Waals surface area (Å²) in [4.78, 5) is 42.8. The smallest absolute Gasteiger partial charge is 0.324 e. The largest absolute Gasteiger partial charge is 0.480 e. The van der Waals surface area contributed by atoms with Crippen molar-refractivity contribution < 1.29 is 19.1 Å². The molecule has 116 valence electrons. The molecule has 0 radical (unpaired) electrons. The van der Waals surface area contributed by atoms with Gasteiger partial charge in [-0.3, -0.25) is 14.5 Å². The fourth-order valence-electron chi connectivity index (χ4n) is 2.83. The van der Waals surface area contributed by atoms with Crippen LogP contribution >= 0.6 is 0 Å². The number of imide groups is 1. The van der Waals surface area contributed by atoms with Gasteiger partial charge in [0.1, 0.15) is 5.56 Å². The minimum Gasteiger partial charge on any atom is -0.480 e. The van der Waals surface area contributed by atoms with Crippen LogP contribution in [-0.2, 0) is 4.79 Å². The number of methoxy groups -OCH3 is 1. The van der Waals surface area contributed by atoms with Crippen LogP contribution in [0.4, 0.5) is 4.79 Å². The number of nitrogens with one attached hydrogen (secondary N) is 1. The molecule has 22 heavy (non-hydrogen) atoms. The number of carbonyl (C=O) groups excluding carboxylic acids is 3. The van der Waals surface area contributed by atoms with Gasteiger partial charge in [0.05, 0.1) is 19.7 Å². The fourth-order valence-corrected chi connectivity index (χ4v) is 2.83. The van der Waals surface area contributed by atoms with Gasteiger partial charge in [-0.2, -0.15) is 0 Å². The summed E-state index contributed by atoms with van der Waals surface area (Å²) in [7, 11) is 1.46. The van der Waals surface area contributed by atoms with E-state index < -0.39 is 0 Å². The summed E-state index contributed by atoms with van der Waals surface area (Å²) in [5.41, 5.74) is 0.378. The standard InChI is InChI=1S/C14H16N4O4/c1-22-12-10(3-2-5-15-12)13(20)17-6-4-9(8-17)18-11(19)7-16-14(18)21/h2-3,5,9H,4,6-8H2,1H3,(H,16,21). The predicted octanol–water partition coefficient (Wildman–Crippen LogP) is -0.143. The molecule has 1 aromatic rings. The maximum atomic E-state index is 12.6. The average molecular weight is 304 g/mol. The van der Waals surface area contributed by atoms with Crippen molar-refractivity contribution in [1.29, 1.82) is 0 Å². The second kappa shape index (κ2) is 5.63. The molecule has 8 heteroatoms. The quantitative estimate of drug-likeness (QED) is 0.785. The van der Waals surface area contributed by atoms with Crippen molar-refractivity contribution in [1.82, 2.24) is 20.1 Å². The fraction of sp³-hybridized carbons (Fsp3) is 0.429. The molecule has 2 aliphatic rings. The second-order valence-electron chi connectivity index (χ2n) is 5.18. The van der Waals surface area contributed by atoms with Crippen LogP contribution in [0.5, 0.6) is 5.88 Å². The van der Waals surface area contributed by atoms with Gasteiger partial charge >= 0.3 is 6.03 Å². The van der Waals surface area contributed by atoms with E-state index in [1.165, 1.54) is 12.0 Å². The van der Waals surface area contributed by atoms with Gasteiger partial charge in [0.2, 0.25) is 11.8 Å². The van der Waals surface area contributed by atoms with Crippen LogP contribution in [-0.4, -0.2) is 65.4 Å². The maximum absolute atomic E-state index is 12.6. The number of rotatable bonds is 3. The Bertz CT molecular complexity index is 617. The van der Waals surface area contributed by atoms with Gasteiger partial charge in [0.15, 0.2) is 0 Å². The Morgan fingerprint density at radius 1 is 1.45 bits per heavy atom. The zero-order chi connectivity index (χ0) is 15.7. The molecule has 1 unspecified atom stereocenters. The molecule has 0 aliphatic carbocycles. The van der Waals surface area contributed by atoms with Crippen molar-refractivity contribution in [2.45, 2.75) is 12.5 Å². The number of carbonyl (C=O) groups is 3. The van der Waals surface area contributed by atoms with Crippen molar-refractivity contribution >= 4 is 17.8 Å². The number of ether oxygens (including phenoxy) is 1. The minimum absolute atomic E-state index is 0.0275. The molecule has 0 saturated carbocycles. The summed E-state index contributed by atoms with van der Waals surface area (Å²) in [5.74, 6) is -0.186. The molecule has 1 atom stereocenters. The number of urea groups is 1. The highest BCUT2D eigenvalue weighted by molar-refractivity contribution is 6.02. The van der Waals surface area contributed by atoms with Crippen molar-refractivity contribution in [3.63, 3.8) is 0 Å². The summed E-state index contributed by atoms with van der Waals surface area (Å²) in [5, 5.41) is 2.49. The van der Waals surface area contributed by atoms with Gasteiger partial charge in [0.25, 0.3) is 5.91 Å². The topological polar surface area (TPSA) is 91.8 Å². The van der Waals surface area contributed by atoms with Crippen LogP contribution in [0.2, 0.25) is 0 Å². The van der Waals surface area contributed by atoms with E-state index >= 15 is 0 Å². The van der Waals surface area contributed by atoms with Gasteiger partial charge in [-0.15, -0.1) is 0 Å². The Morgan fingerprint density at radius 2 is 2.27 bits per heavy atom. The van der Waals surface area contributed by atoms with Gasteiger partial charge in [-0.25, -0.2) is 9.78 Å². The van der Waals surface area contributed by atoms with Crippen molar-refractivity contribution in [3.05, 3.63) is 23.9 Å². The highest BCUT2D eigenvalue weighted by Crippen LogP contribution is 2.22. The van der Waals surface area contributed by atoms with E-state index in [1.807, 2.05) is 0 Å². The third-order valence-electron chi connectivity index (χ3n) is 3.89. The summed E-state index contributed by atoms with van der Waals surface area (Å²) >= 11 is 0. The lowest BCUT2D eigenvalue weighted by Gasteiger charge is -2.21. The molecule has 0 bridgehead atoms. The number of pyridine rings is 1. The van der Waals surface area contributed by atoms with Crippen LogP contribution < -0.4 is 10.1 Å². The molecule has 3 rings (SSSR count). The van der Waals surface area contributed by atoms with E-state index in [2.05, 4.69) is 10.3 Å². The zero-order valence-corrected chi connectivity index (χ0v) is 12.1. The highest BCUT2D eigenvalue weighted by atomic mass is 16.5. The van der Waals surface area contributed by atoms with E-state index in [-0.39, 0.29) is 36.3 Å². The zero-order valence-electron chi connectivity index (χ0n) is 12.1. The molecule has 0 aromatic carbocycles. The number of nitrogens with zero attached hydrogens (tertiary/aromatic N) is 3. The summed E-state index contributed by atoms with van der Waals surface area (Å²) in [6.07, 6.45) is 2.13. The minimum atomic E-state index is -0.386. The lowest BCUT2D eigenvalue weighted by atomic mass is 10.2. The predicted molar refractivity (Wildman–Crippen MR) is 75.3 cm³/mol. The average Bonchev–Trinajstić information content (AvgIpc) is 3.13. The molecule has 2 aliphatic heterocycles. The number of amides is 4. The third kappa shape index (κ3) is 2.36. The first-order valence-electron chi connectivity index (χ1n) is 7.00. The van der Waals surface area contributed by atoms with Gasteiger partial charge in [-0.05, 0) is 18.6 Å². The number of likely N-dealkylation sites (tertiary alicyclic amines) is 1. The molecule has 2 saturated heterocycles. The van der Waals surface area contributed by atoms with E-state index in [0.29, 0.717) is 25.1 Å². The van der Waals surface area contributed by atoms with Crippen LogP contribution in [0, 0.1) is 0 Å². The first-order valence-corrected chi connectivity index (χ1v) is 7.00. The maximum Gasteiger partial charge on any atom is 0.324 e. The SMILES string of the molecule is COc1ncccc1C(=O)N1CCC(N2C(=O)CNC2=O)C1. The normalized spacial score (nSPS) is 21.2. The van der Waals surface area contributed by atoms with Gasteiger partial charge in [-0.1, -0.05) is 0 Å². The third-order valence-corrected chi connectivity index (χ3v) is 3.89. The van der Waals surface area contributed by atoms with E-state index in [1.54, 1.807) is 23.2 Å². The Morgan fingerprint density at radius 3 is 2.95 bits per heavy atom. The van der Waals surface area contributed by atoms with Gasteiger partial charge in [0, 0.05) is 19.3 Å². The molecular formula is C14H16N4O4. The molecule has 3 heterocycles. The summed E-state index contributed by atoms with van der Waals surface area (Å²) in [6, 6.07) is 2.65. The van der Waals surface area contributed by atoms with E-state index in [4.69, 9.17) is 4.74 Å². The Balaban J connectivity index is 1.74. The van der Waals surface area contributed by atoms with Crippen LogP contribution in [0.15, 0.2) is 18.3 Å². The monoisotopic (exact) mass is 304 g/mol. The molecule has 1 N–H and O–H groups in total. The van der Waals surface area contributed by atoms with Crippen molar-refractivity contribution in [3.8, 4) is 5.88 Å². The van der Waals surface area contributed by atoms with Crippen LogP contribution in [0.1, 0.15) is 16.8 Å². The first kappa shape index (κ1) is 14.3. The molecule has 8 nitrogen and oxygen atoms in total. The molecule has 4 amide bonds. The van der Waals surface area contributed by atoms with Crippen LogP contribution in [0.3, 0.4) is 0 Å². The molecule has 0 spiro atoms. The van der Waals surface area contributed by atoms with E-state index in [9.17, 15) is 14.4 Å². The Kier molecular flexibility index (Phi) is 3.66. The van der Waals surface area contributed by atoms with Crippen molar-refractivity contribution in [2.75, 3.05) is 26.7 Å². The summed E-state index contributed by atoms with van der Waals surface area (Å²) < 4.78 is 5.10. The number of hydrogen-bond donors (Lipinski definition) is 1. The Labute approximate surface area is 127 Å². The number of hydrogen-bond acceptors (Lipinski definition) is 5. The first-order chi connectivity index (χ1) is 10.6. The second-order valence-corrected chi connectivity index (χ2v) is 5.18. The molecular weight excluding hydrogens is 288 g/mol. The molecule has 2 fully saturated rings. The van der Waals surface area contributed by atoms with Gasteiger partial charge < -0.3 is 15.0 Å². The lowest BCUT2D eigenvalue weighted by Crippen LogP contribution is -2.43. The number of aromatic nitrogens is 1. The highest BCUT2D eigenvalue weighted by Gasteiger charge is 2.40. The van der Waals surface area contributed by atoms with Crippen LogP contribution in [0.25, 0.3) is 0 Å². The molecule has 1 aromatic heterocycles. The summed E-state index contributed by atoms with van der Waals surface area (Å²) in [6.45, 7) is 0.842. The lowest BCUT2D eigenvalue weighted by molar-refractivity contribution is -0.126. The van der Waals surface area contributed by atoms with E-state index in [0.717, 1.165) is 0 Å².